The van der Waals surface area contributed by atoms with Crippen LogP contribution in [0.1, 0.15) is 18.6 Å². The lowest BCUT2D eigenvalue weighted by Gasteiger charge is -2.36. The lowest BCUT2D eigenvalue weighted by atomic mass is 10.1. The van der Waals surface area contributed by atoms with E-state index in [1.807, 2.05) is 36.3 Å². The number of aryl methyl sites for hydroxylation is 1. The number of halogens is 1. The first-order valence-corrected chi connectivity index (χ1v) is 11.5. The third kappa shape index (κ3) is 5.77. The fraction of sp³-hybridized carbons (Fsp3) is 0.565. The van der Waals surface area contributed by atoms with E-state index >= 15 is 0 Å². The van der Waals surface area contributed by atoms with Crippen molar-refractivity contribution in [3.63, 3.8) is 0 Å². The minimum atomic E-state index is -0.186. The van der Waals surface area contributed by atoms with Crippen LogP contribution in [0.4, 0.5) is 10.1 Å². The predicted molar refractivity (Wildman–Crippen MR) is 125 cm³/mol. The molecule has 2 aliphatic rings. The second-order valence-corrected chi connectivity index (χ2v) is 8.29. The minimum absolute atomic E-state index is 0.0147. The summed E-state index contributed by atoms with van der Waals surface area (Å²) in [5, 5.41) is 7.72. The summed E-state index contributed by atoms with van der Waals surface area (Å²) in [6.45, 7) is 10.8. The van der Waals surface area contributed by atoms with E-state index in [1.165, 1.54) is 12.1 Å². The summed E-state index contributed by atoms with van der Waals surface area (Å²) in [6, 6.07) is 6.78. The lowest BCUT2D eigenvalue weighted by Crippen LogP contribution is -2.49. The van der Waals surface area contributed by atoms with Gasteiger partial charge in [0.05, 0.1) is 25.9 Å². The number of anilines is 1. The van der Waals surface area contributed by atoms with Crippen molar-refractivity contribution in [2.45, 2.75) is 13.0 Å². The molecule has 0 saturated carbocycles. The molecule has 0 aliphatic carbocycles. The summed E-state index contributed by atoms with van der Waals surface area (Å²) in [4.78, 5) is 12.0. The van der Waals surface area contributed by atoms with E-state index in [1.54, 1.807) is 0 Å². The summed E-state index contributed by atoms with van der Waals surface area (Å²) in [6.07, 6.45) is 3.91. The van der Waals surface area contributed by atoms with Crippen molar-refractivity contribution in [2.24, 2.45) is 12.0 Å². The Labute approximate surface area is 189 Å². The van der Waals surface area contributed by atoms with E-state index in [0.29, 0.717) is 6.61 Å². The number of rotatable bonds is 6. The highest BCUT2D eigenvalue weighted by Gasteiger charge is 2.25. The van der Waals surface area contributed by atoms with Crippen LogP contribution in [0.2, 0.25) is 0 Å². The molecule has 0 bridgehead atoms. The van der Waals surface area contributed by atoms with Crippen LogP contribution >= 0.6 is 0 Å². The molecule has 174 valence electrons. The topological polar surface area (TPSA) is 61.2 Å². The summed E-state index contributed by atoms with van der Waals surface area (Å²) < 4.78 is 20.9. The van der Waals surface area contributed by atoms with Gasteiger partial charge in [-0.2, -0.15) is 5.10 Å². The van der Waals surface area contributed by atoms with Gasteiger partial charge in [-0.1, -0.05) is 0 Å². The molecule has 2 fully saturated rings. The van der Waals surface area contributed by atoms with E-state index in [4.69, 9.17) is 9.73 Å². The largest absolute Gasteiger partial charge is 0.370 e. The van der Waals surface area contributed by atoms with Crippen molar-refractivity contribution in [3.8, 4) is 0 Å². The third-order valence-corrected chi connectivity index (χ3v) is 6.04. The van der Waals surface area contributed by atoms with Crippen molar-refractivity contribution >= 4 is 11.6 Å². The molecule has 3 heterocycles. The van der Waals surface area contributed by atoms with Crippen LogP contribution in [-0.2, 0) is 11.8 Å². The van der Waals surface area contributed by atoms with Gasteiger partial charge in [-0.15, -0.1) is 0 Å². The molecule has 8 nitrogen and oxygen atoms in total. The monoisotopic (exact) mass is 443 g/mol. The van der Waals surface area contributed by atoms with E-state index < -0.39 is 0 Å². The SMILES string of the molecule is CCNC(=NCCN1CCN(c2ccc(F)cc2)CC1)N1CCOC(c2cnn(C)c2)C1. The Hall–Kier alpha value is -2.65. The van der Waals surface area contributed by atoms with Gasteiger partial charge in [-0.3, -0.25) is 14.6 Å². The van der Waals surface area contributed by atoms with Crippen LogP contribution < -0.4 is 10.2 Å². The fourth-order valence-corrected chi connectivity index (χ4v) is 4.25. The van der Waals surface area contributed by atoms with Crippen molar-refractivity contribution in [1.82, 2.24) is 24.9 Å². The number of ether oxygens (including phenoxy) is 1. The van der Waals surface area contributed by atoms with E-state index in [2.05, 4.69) is 32.0 Å². The number of nitrogens with one attached hydrogen (secondary N) is 1. The van der Waals surface area contributed by atoms with Gasteiger partial charge in [-0.05, 0) is 31.2 Å². The molecule has 0 spiro atoms. The second-order valence-electron chi connectivity index (χ2n) is 8.29. The van der Waals surface area contributed by atoms with Gasteiger partial charge in [0.1, 0.15) is 11.9 Å². The number of aromatic nitrogens is 2. The van der Waals surface area contributed by atoms with Crippen LogP contribution in [0.25, 0.3) is 0 Å². The predicted octanol–water partition coefficient (Wildman–Crippen LogP) is 1.72. The molecule has 1 N–H and O–H groups in total. The number of benzene rings is 1. The molecular weight excluding hydrogens is 409 g/mol. The number of hydrogen-bond donors (Lipinski definition) is 1. The standard InChI is InChI=1S/C23H34FN7O/c1-3-25-23(31-14-15-32-22(18-31)19-16-27-28(2)17-19)26-8-9-29-10-12-30(13-11-29)21-6-4-20(24)5-7-21/h4-7,16-17,22H,3,8-15,18H2,1-2H3,(H,25,26). The van der Waals surface area contributed by atoms with Crippen molar-refractivity contribution < 1.29 is 9.13 Å². The van der Waals surface area contributed by atoms with Gasteiger partial charge < -0.3 is 19.9 Å². The maximum absolute atomic E-state index is 13.2. The van der Waals surface area contributed by atoms with Gasteiger partial charge in [0.25, 0.3) is 0 Å². The third-order valence-electron chi connectivity index (χ3n) is 6.04. The number of morpholine rings is 1. The smallest absolute Gasteiger partial charge is 0.194 e. The van der Waals surface area contributed by atoms with Gasteiger partial charge in [0.15, 0.2) is 5.96 Å². The molecule has 0 radical (unpaired) electrons. The van der Waals surface area contributed by atoms with Crippen LogP contribution in [0.3, 0.4) is 0 Å². The zero-order valence-electron chi connectivity index (χ0n) is 19.1. The molecular formula is C23H34FN7O. The van der Waals surface area contributed by atoms with Gasteiger partial charge in [0, 0.05) is 70.3 Å². The van der Waals surface area contributed by atoms with Crippen molar-refractivity contribution in [3.05, 3.63) is 48.0 Å². The molecule has 1 aromatic carbocycles. The average molecular weight is 444 g/mol. The molecule has 0 amide bonds. The molecule has 2 saturated heterocycles. The van der Waals surface area contributed by atoms with Gasteiger partial charge in [0.2, 0.25) is 0 Å². The van der Waals surface area contributed by atoms with Crippen LogP contribution in [0.5, 0.6) is 0 Å². The Morgan fingerprint density at radius 1 is 1.19 bits per heavy atom. The Bertz CT molecular complexity index is 877. The van der Waals surface area contributed by atoms with Crippen molar-refractivity contribution in [1.29, 1.82) is 0 Å². The summed E-state index contributed by atoms with van der Waals surface area (Å²) >= 11 is 0. The first-order valence-electron chi connectivity index (χ1n) is 11.5. The van der Waals surface area contributed by atoms with Crippen LogP contribution in [0, 0.1) is 5.82 Å². The van der Waals surface area contributed by atoms with E-state index in [9.17, 15) is 4.39 Å². The quantitative estimate of drug-likeness (QED) is 0.542. The zero-order valence-corrected chi connectivity index (χ0v) is 19.1. The highest BCUT2D eigenvalue weighted by Crippen LogP contribution is 2.21. The minimum Gasteiger partial charge on any atom is -0.370 e. The Morgan fingerprint density at radius 2 is 1.97 bits per heavy atom. The maximum atomic E-state index is 13.2. The Balaban J connectivity index is 1.27. The number of aliphatic imine (C=N–C) groups is 1. The summed E-state index contributed by atoms with van der Waals surface area (Å²) in [7, 11) is 1.93. The Morgan fingerprint density at radius 3 is 2.66 bits per heavy atom. The lowest BCUT2D eigenvalue weighted by molar-refractivity contribution is -0.00805. The van der Waals surface area contributed by atoms with Crippen LogP contribution in [-0.4, -0.2) is 91.0 Å². The first-order chi connectivity index (χ1) is 15.6. The van der Waals surface area contributed by atoms with Gasteiger partial charge in [-0.25, -0.2) is 4.39 Å². The first kappa shape index (κ1) is 22.5. The van der Waals surface area contributed by atoms with E-state index in [-0.39, 0.29) is 11.9 Å². The number of guanidine groups is 1. The summed E-state index contributed by atoms with van der Waals surface area (Å²) in [5.74, 6) is 0.767. The van der Waals surface area contributed by atoms with E-state index in [0.717, 1.165) is 76.1 Å². The fourth-order valence-electron chi connectivity index (χ4n) is 4.25. The highest BCUT2D eigenvalue weighted by atomic mass is 19.1. The molecule has 1 atom stereocenters. The number of piperazine rings is 1. The molecule has 1 aromatic heterocycles. The molecule has 2 aromatic rings. The molecule has 4 rings (SSSR count). The Kier molecular flexibility index (Phi) is 7.59. The average Bonchev–Trinajstić information content (AvgIpc) is 3.26. The molecule has 1 unspecified atom stereocenters. The highest BCUT2D eigenvalue weighted by molar-refractivity contribution is 5.80. The zero-order chi connectivity index (χ0) is 22.3. The van der Waals surface area contributed by atoms with Gasteiger partial charge >= 0.3 is 0 Å². The molecule has 2 aliphatic heterocycles. The maximum Gasteiger partial charge on any atom is 0.194 e. The molecule has 32 heavy (non-hydrogen) atoms. The number of nitrogens with zero attached hydrogens (tertiary/aromatic N) is 6. The van der Waals surface area contributed by atoms with Crippen molar-refractivity contribution in [2.75, 3.05) is 70.4 Å². The summed E-state index contributed by atoms with van der Waals surface area (Å²) in [5.41, 5.74) is 2.20. The van der Waals surface area contributed by atoms with Crippen LogP contribution in [0.15, 0.2) is 41.7 Å². The normalized spacial score (nSPS) is 20.6. The molecule has 9 heteroatoms. The second kappa shape index (κ2) is 10.8. The number of hydrogen-bond acceptors (Lipinski definition) is 5.